The van der Waals surface area contributed by atoms with Gasteiger partial charge in [0, 0.05) is 17.6 Å². The van der Waals surface area contributed by atoms with E-state index in [1.807, 2.05) is 51.1 Å². The van der Waals surface area contributed by atoms with Crippen LogP contribution in [0.5, 0.6) is 0 Å². The zero-order valence-electron chi connectivity index (χ0n) is 21.1. The lowest BCUT2D eigenvalue weighted by atomic mass is 10.1. The van der Waals surface area contributed by atoms with Crippen LogP contribution in [0.25, 0.3) is 0 Å². The van der Waals surface area contributed by atoms with Crippen LogP contribution in [0.2, 0.25) is 5.02 Å². The maximum Gasteiger partial charge on any atom is 0.244 e. The van der Waals surface area contributed by atoms with E-state index in [1.165, 1.54) is 11.0 Å². The summed E-state index contributed by atoms with van der Waals surface area (Å²) in [6.07, 6.45) is 2.75. The second-order valence-electron chi connectivity index (χ2n) is 8.77. The first-order valence-electron chi connectivity index (χ1n) is 11.9. The summed E-state index contributed by atoms with van der Waals surface area (Å²) in [4.78, 5) is 28.3. The fraction of sp³-hybridized carbons (Fsp3) is 0.462. The largest absolute Gasteiger partial charge is 0.352 e. The van der Waals surface area contributed by atoms with Gasteiger partial charge in [-0.15, -0.1) is 0 Å². The topological polar surface area (TPSA) is 86.8 Å². The molecule has 35 heavy (non-hydrogen) atoms. The van der Waals surface area contributed by atoms with Gasteiger partial charge in [0.1, 0.15) is 12.6 Å². The predicted molar refractivity (Wildman–Crippen MR) is 142 cm³/mol. The Kier molecular flexibility index (Phi) is 10.6. The molecular formula is C26H36ClN3O4S. The van der Waals surface area contributed by atoms with Gasteiger partial charge in [-0.1, -0.05) is 61.8 Å². The number of halogens is 1. The molecule has 7 nitrogen and oxygen atoms in total. The minimum Gasteiger partial charge on any atom is -0.352 e. The monoisotopic (exact) mass is 521 g/mol. The van der Waals surface area contributed by atoms with Gasteiger partial charge in [-0.2, -0.15) is 0 Å². The Hall–Kier alpha value is -2.58. The summed E-state index contributed by atoms with van der Waals surface area (Å²) in [5.74, 6) is -0.690. The minimum absolute atomic E-state index is 0.0377. The first kappa shape index (κ1) is 28.7. The van der Waals surface area contributed by atoms with Gasteiger partial charge in [0.15, 0.2) is 0 Å². The molecule has 2 aromatic rings. The third kappa shape index (κ3) is 8.25. The lowest BCUT2D eigenvalue weighted by Gasteiger charge is -2.33. The Balaban J connectivity index is 2.40. The number of aryl methyl sites for hydroxylation is 1. The second-order valence-corrected chi connectivity index (χ2v) is 11.1. The van der Waals surface area contributed by atoms with Crippen LogP contribution in [-0.2, 0) is 26.0 Å². The van der Waals surface area contributed by atoms with Gasteiger partial charge >= 0.3 is 0 Å². The highest BCUT2D eigenvalue weighted by Crippen LogP contribution is 2.26. The number of nitrogens with zero attached hydrogens (tertiary/aromatic N) is 2. The number of carbonyl (C=O) groups is 2. The van der Waals surface area contributed by atoms with Gasteiger partial charge < -0.3 is 10.2 Å². The quantitative estimate of drug-likeness (QED) is 0.454. The third-order valence-electron chi connectivity index (χ3n) is 5.99. The fourth-order valence-electron chi connectivity index (χ4n) is 3.78. The van der Waals surface area contributed by atoms with E-state index in [-0.39, 0.29) is 18.5 Å². The lowest BCUT2D eigenvalue weighted by molar-refractivity contribution is -0.139. The molecule has 2 aromatic carbocycles. The Bertz CT molecular complexity index is 1110. The number of benzene rings is 2. The average Bonchev–Trinajstić information content (AvgIpc) is 2.81. The van der Waals surface area contributed by atoms with E-state index in [2.05, 4.69) is 5.32 Å². The molecule has 0 aliphatic carbocycles. The minimum atomic E-state index is -3.80. The Morgan fingerprint density at radius 1 is 1.06 bits per heavy atom. The molecule has 0 spiro atoms. The maximum atomic E-state index is 13.7. The van der Waals surface area contributed by atoms with E-state index in [4.69, 9.17) is 11.6 Å². The molecule has 0 aromatic heterocycles. The van der Waals surface area contributed by atoms with Gasteiger partial charge in [0.05, 0.1) is 11.9 Å². The Morgan fingerprint density at radius 2 is 1.71 bits per heavy atom. The van der Waals surface area contributed by atoms with E-state index >= 15 is 0 Å². The van der Waals surface area contributed by atoms with Crippen molar-refractivity contribution in [2.45, 2.75) is 59.0 Å². The van der Waals surface area contributed by atoms with Gasteiger partial charge in [-0.05, 0) is 56.4 Å². The van der Waals surface area contributed by atoms with Crippen LogP contribution < -0.4 is 9.62 Å². The van der Waals surface area contributed by atoms with Crippen LogP contribution in [0.1, 0.15) is 44.7 Å². The van der Waals surface area contributed by atoms with Crippen molar-refractivity contribution in [3.63, 3.8) is 0 Å². The molecule has 0 saturated heterocycles. The number of sulfonamides is 1. The highest BCUT2D eigenvalue weighted by atomic mass is 35.5. The summed E-state index contributed by atoms with van der Waals surface area (Å²) >= 11 is 6.13. The SMILES string of the molecule is CC[C@@H](C)NC(=O)[C@H](CC)N(CCc1ccccc1)C(=O)CN(c1cc(Cl)ccc1C)S(C)(=O)=O. The highest BCUT2D eigenvalue weighted by molar-refractivity contribution is 7.92. The molecule has 2 amide bonds. The summed E-state index contributed by atoms with van der Waals surface area (Å²) in [5, 5.41) is 3.33. The van der Waals surface area contributed by atoms with Crippen LogP contribution in [0.4, 0.5) is 5.69 Å². The summed E-state index contributed by atoms with van der Waals surface area (Å²) in [7, 11) is -3.80. The maximum absolute atomic E-state index is 13.7. The molecule has 0 aliphatic heterocycles. The molecule has 1 N–H and O–H groups in total. The Labute approximate surface area is 214 Å². The fourth-order valence-corrected chi connectivity index (χ4v) is 4.85. The number of amides is 2. The van der Waals surface area contributed by atoms with Crippen molar-refractivity contribution in [1.82, 2.24) is 10.2 Å². The van der Waals surface area contributed by atoms with Crippen LogP contribution >= 0.6 is 11.6 Å². The second kappa shape index (κ2) is 12.9. The molecule has 0 saturated carbocycles. The molecule has 2 rings (SSSR count). The van der Waals surface area contributed by atoms with E-state index in [0.717, 1.165) is 22.5 Å². The zero-order chi connectivity index (χ0) is 26.2. The van der Waals surface area contributed by atoms with Crippen molar-refractivity contribution in [2.24, 2.45) is 0 Å². The number of hydrogen-bond donors (Lipinski definition) is 1. The first-order chi connectivity index (χ1) is 16.5. The summed E-state index contributed by atoms with van der Waals surface area (Å²) < 4.78 is 26.5. The smallest absolute Gasteiger partial charge is 0.244 e. The number of nitrogens with one attached hydrogen (secondary N) is 1. The van der Waals surface area contributed by atoms with Crippen molar-refractivity contribution in [3.8, 4) is 0 Å². The number of carbonyl (C=O) groups excluding carboxylic acids is 2. The zero-order valence-corrected chi connectivity index (χ0v) is 22.7. The molecule has 0 aliphatic rings. The van der Waals surface area contributed by atoms with Gasteiger partial charge in [0.2, 0.25) is 21.8 Å². The van der Waals surface area contributed by atoms with Crippen LogP contribution in [-0.4, -0.2) is 56.6 Å². The first-order valence-corrected chi connectivity index (χ1v) is 14.1. The average molecular weight is 522 g/mol. The van der Waals surface area contributed by atoms with Crippen LogP contribution in [0.3, 0.4) is 0 Å². The molecule has 2 atom stereocenters. The predicted octanol–water partition coefficient (Wildman–Crippen LogP) is 4.18. The molecule has 0 bridgehead atoms. The van der Waals surface area contributed by atoms with Crippen molar-refractivity contribution < 1.29 is 18.0 Å². The van der Waals surface area contributed by atoms with Crippen molar-refractivity contribution in [2.75, 3.05) is 23.7 Å². The standard InChI is InChI=1S/C26H36ClN3O4S/c1-6-20(4)28-26(32)23(7-2)29(16-15-21-11-9-8-10-12-21)25(31)18-30(35(5,33)34)24-17-22(27)14-13-19(24)3/h8-14,17,20,23H,6-7,15-16,18H2,1-5H3,(H,28,32)/t20-,23+/m1/s1. The third-order valence-corrected chi connectivity index (χ3v) is 7.35. The molecular weight excluding hydrogens is 486 g/mol. The number of rotatable bonds is 12. The van der Waals surface area contributed by atoms with E-state index < -0.39 is 28.5 Å². The van der Waals surface area contributed by atoms with Crippen LogP contribution in [0.15, 0.2) is 48.5 Å². The van der Waals surface area contributed by atoms with E-state index in [9.17, 15) is 18.0 Å². The highest BCUT2D eigenvalue weighted by Gasteiger charge is 2.32. The van der Waals surface area contributed by atoms with Gasteiger partial charge in [0.25, 0.3) is 0 Å². The van der Waals surface area contributed by atoms with E-state index in [1.54, 1.807) is 19.1 Å². The normalized spacial score (nSPS) is 13.1. The molecule has 0 heterocycles. The molecule has 0 unspecified atom stereocenters. The van der Waals surface area contributed by atoms with Crippen molar-refractivity contribution >= 4 is 39.1 Å². The lowest BCUT2D eigenvalue weighted by Crippen LogP contribution is -2.54. The van der Waals surface area contributed by atoms with Gasteiger partial charge in [-0.3, -0.25) is 13.9 Å². The summed E-state index contributed by atoms with van der Waals surface area (Å²) in [5.41, 5.74) is 2.03. The van der Waals surface area contributed by atoms with Crippen LogP contribution in [0, 0.1) is 6.92 Å². The molecule has 192 valence electrons. The summed E-state index contributed by atoms with van der Waals surface area (Å²) in [6.45, 7) is 7.34. The van der Waals surface area contributed by atoms with Gasteiger partial charge in [-0.25, -0.2) is 8.42 Å². The van der Waals surface area contributed by atoms with Crippen molar-refractivity contribution in [3.05, 3.63) is 64.7 Å². The molecule has 0 fully saturated rings. The number of hydrogen-bond acceptors (Lipinski definition) is 4. The molecule has 0 radical (unpaired) electrons. The van der Waals surface area contributed by atoms with E-state index in [0.29, 0.717) is 29.1 Å². The van der Waals surface area contributed by atoms with Crippen molar-refractivity contribution in [1.29, 1.82) is 0 Å². The summed E-state index contributed by atoms with van der Waals surface area (Å²) in [6, 6.07) is 13.8. The Morgan fingerprint density at radius 3 is 2.29 bits per heavy atom. The molecule has 9 heteroatoms. The number of anilines is 1.